The Kier molecular flexibility index (Phi) is 4.74. The van der Waals surface area contributed by atoms with Crippen molar-refractivity contribution in [2.45, 2.75) is 13.8 Å². The molecule has 20 heavy (non-hydrogen) atoms. The summed E-state index contributed by atoms with van der Waals surface area (Å²) in [6.45, 7) is 3.79. The summed E-state index contributed by atoms with van der Waals surface area (Å²) in [5, 5.41) is 3.96. The first-order chi connectivity index (χ1) is 9.36. The van der Waals surface area contributed by atoms with Crippen molar-refractivity contribution in [1.82, 2.24) is 0 Å². The summed E-state index contributed by atoms with van der Waals surface area (Å²) in [4.78, 5) is 12.2. The lowest BCUT2D eigenvalue weighted by molar-refractivity contribution is 0.102. The van der Waals surface area contributed by atoms with Gasteiger partial charge in [-0.15, -0.1) is 0 Å². The topological polar surface area (TPSA) is 29.1 Å². The molecule has 0 aliphatic heterocycles. The highest BCUT2D eigenvalue weighted by Gasteiger charge is 2.11. The van der Waals surface area contributed by atoms with Gasteiger partial charge < -0.3 is 5.32 Å². The fraction of sp³-hybridized carbons (Fsp3) is 0.133. The molecule has 0 fully saturated rings. The molecule has 0 bridgehead atoms. The molecule has 0 heterocycles. The molecule has 0 spiro atoms. The van der Waals surface area contributed by atoms with Crippen LogP contribution in [-0.4, -0.2) is 5.91 Å². The predicted octanol–water partition coefficient (Wildman–Crippen LogP) is 5.63. The van der Waals surface area contributed by atoms with E-state index in [0.29, 0.717) is 21.3 Å². The molecule has 2 nitrogen and oxygen atoms in total. The van der Waals surface area contributed by atoms with E-state index in [1.54, 1.807) is 24.3 Å². The van der Waals surface area contributed by atoms with Gasteiger partial charge in [-0.25, -0.2) is 0 Å². The average Bonchev–Trinajstić information content (AvgIpc) is 2.34. The number of aryl methyl sites for hydroxylation is 2. The van der Waals surface area contributed by atoms with Crippen LogP contribution < -0.4 is 5.32 Å². The Morgan fingerprint density at radius 3 is 2.45 bits per heavy atom. The third-order valence-electron chi connectivity index (χ3n) is 2.80. The summed E-state index contributed by atoms with van der Waals surface area (Å²) in [5.41, 5.74) is 3.01. The van der Waals surface area contributed by atoms with Crippen molar-refractivity contribution in [2.24, 2.45) is 0 Å². The van der Waals surface area contributed by atoms with Gasteiger partial charge in [-0.05, 0) is 71.2 Å². The first-order valence-corrected chi connectivity index (χ1v) is 7.46. The van der Waals surface area contributed by atoms with Gasteiger partial charge in [-0.3, -0.25) is 4.79 Å². The maximum Gasteiger partial charge on any atom is 0.255 e. The molecule has 5 heteroatoms. The number of anilines is 1. The molecule has 0 aliphatic rings. The van der Waals surface area contributed by atoms with Crippen molar-refractivity contribution in [2.75, 3.05) is 5.32 Å². The maximum atomic E-state index is 12.2. The van der Waals surface area contributed by atoms with Crippen molar-refractivity contribution >= 4 is 50.7 Å². The first-order valence-electron chi connectivity index (χ1n) is 5.91. The number of carbonyl (C=O) groups is 1. The monoisotopic (exact) mass is 371 g/mol. The second-order valence-corrected chi connectivity index (χ2v) is 6.25. The SMILES string of the molecule is Cc1cc(Cl)cc(C(=O)Nc2cc(Cl)c(C)cc2Br)c1. The molecule has 0 aromatic heterocycles. The quantitative estimate of drug-likeness (QED) is 0.727. The van der Waals surface area contributed by atoms with Gasteiger partial charge in [0.1, 0.15) is 0 Å². The summed E-state index contributed by atoms with van der Waals surface area (Å²) < 4.78 is 0.784. The van der Waals surface area contributed by atoms with Crippen molar-refractivity contribution in [3.63, 3.8) is 0 Å². The van der Waals surface area contributed by atoms with E-state index >= 15 is 0 Å². The largest absolute Gasteiger partial charge is 0.321 e. The van der Waals surface area contributed by atoms with E-state index in [9.17, 15) is 4.79 Å². The zero-order valence-corrected chi connectivity index (χ0v) is 14.0. The lowest BCUT2D eigenvalue weighted by atomic mass is 10.1. The van der Waals surface area contributed by atoms with Gasteiger partial charge >= 0.3 is 0 Å². The molecule has 2 aromatic rings. The number of carbonyl (C=O) groups excluding carboxylic acids is 1. The molecule has 0 aliphatic carbocycles. The van der Waals surface area contributed by atoms with Crippen LogP contribution in [0.3, 0.4) is 0 Å². The Hall–Kier alpha value is -1.03. The number of nitrogens with one attached hydrogen (secondary N) is 1. The minimum absolute atomic E-state index is 0.226. The van der Waals surface area contributed by atoms with Crippen LogP contribution in [0.4, 0.5) is 5.69 Å². The van der Waals surface area contributed by atoms with E-state index in [2.05, 4.69) is 21.2 Å². The molecule has 0 saturated carbocycles. The summed E-state index contributed by atoms with van der Waals surface area (Å²) in [6, 6.07) is 8.80. The molecular formula is C15H12BrCl2NO. The molecule has 104 valence electrons. The molecule has 1 N–H and O–H groups in total. The lowest BCUT2D eigenvalue weighted by Gasteiger charge is -2.10. The molecule has 0 unspecified atom stereocenters. The minimum Gasteiger partial charge on any atom is -0.321 e. The Morgan fingerprint density at radius 1 is 1.10 bits per heavy atom. The molecular weight excluding hydrogens is 361 g/mol. The molecule has 0 saturated heterocycles. The fourth-order valence-electron chi connectivity index (χ4n) is 1.80. The maximum absolute atomic E-state index is 12.2. The summed E-state index contributed by atoms with van der Waals surface area (Å²) in [7, 11) is 0. The van der Waals surface area contributed by atoms with E-state index < -0.39 is 0 Å². The molecule has 2 aromatic carbocycles. The second-order valence-electron chi connectivity index (χ2n) is 4.55. The lowest BCUT2D eigenvalue weighted by Crippen LogP contribution is -2.12. The number of benzene rings is 2. The smallest absolute Gasteiger partial charge is 0.255 e. The van der Waals surface area contributed by atoms with Crippen LogP contribution in [0.15, 0.2) is 34.8 Å². The van der Waals surface area contributed by atoms with Gasteiger partial charge in [-0.1, -0.05) is 23.2 Å². The zero-order valence-electron chi connectivity index (χ0n) is 10.9. The fourth-order valence-corrected chi connectivity index (χ4v) is 2.81. The highest BCUT2D eigenvalue weighted by Crippen LogP contribution is 2.29. The number of amides is 1. The van der Waals surface area contributed by atoms with Crippen LogP contribution in [0, 0.1) is 13.8 Å². The van der Waals surface area contributed by atoms with E-state index in [-0.39, 0.29) is 5.91 Å². The van der Waals surface area contributed by atoms with Crippen LogP contribution in [0.25, 0.3) is 0 Å². The van der Waals surface area contributed by atoms with Gasteiger partial charge in [0.2, 0.25) is 0 Å². The Balaban J connectivity index is 2.30. The molecule has 0 atom stereocenters. The predicted molar refractivity (Wildman–Crippen MR) is 88.0 cm³/mol. The van der Waals surface area contributed by atoms with Gasteiger partial charge in [0.25, 0.3) is 5.91 Å². The zero-order chi connectivity index (χ0) is 14.9. The summed E-state index contributed by atoms with van der Waals surface area (Å²) >= 11 is 15.4. The Morgan fingerprint density at radius 2 is 1.80 bits per heavy atom. The van der Waals surface area contributed by atoms with Crippen molar-refractivity contribution in [3.05, 3.63) is 61.5 Å². The Labute approximate surface area is 136 Å². The standard InChI is InChI=1S/C15H12BrCl2NO/c1-8-3-10(6-11(17)4-8)15(20)19-14-7-13(18)9(2)5-12(14)16/h3-7H,1-2H3,(H,19,20). The van der Waals surface area contributed by atoms with E-state index in [1.165, 1.54) is 0 Å². The van der Waals surface area contributed by atoms with Crippen molar-refractivity contribution < 1.29 is 4.79 Å². The van der Waals surface area contributed by atoms with Gasteiger partial charge in [-0.2, -0.15) is 0 Å². The number of hydrogen-bond donors (Lipinski definition) is 1. The van der Waals surface area contributed by atoms with Crippen LogP contribution in [0.2, 0.25) is 10.0 Å². The van der Waals surface area contributed by atoms with Crippen molar-refractivity contribution in [3.8, 4) is 0 Å². The molecule has 1 amide bonds. The molecule has 0 radical (unpaired) electrons. The minimum atomic E-state index is -0.226. The first kappa shape index (κ1) is 15.4. The number of hydrogen-bond acceptors (Lipinski definition) is 1. The third-order valence-corrected chi connectivity index (χ3v) is 4.08. The van der Waals surface area contributed by atoms with Crippen LogP contribution in [0.5, 0.6) is 0 Å². The van der Waals surface area contributed by atoms with Crippen LogP contribution in [-0.2, 0) is 0 Å². The van der Waals surface area contributed by atoms with E-state index in [4.69, 9.17) is 23.2 Å². The average molecular weight is 373 g/mol. The van der Waals surface area contributed by atoms with E-state index in [0.717, 1.165) is 15.6 Å². The summed E-state index contributed by atoms with van der Waals surface area (Å²) in [6.07, 6.45) is 0. The normalized spacial score (nSPS) is 10.4. The van der Waals surface area contributed by atoms with Gasteiger partial charge in [0.05, 0.1) is 5.69 Å². The van der Waals surface area contributed by atoms with Gasteiger partial charge in [0.15, 0.2) is 0 Å². The number of halogens is 3. The second kappa shape index (κ2) is 6.17. The van der Waals surface area contributed by atoms with Crippen molar-refractivity contribution in [1.29, 1.82) is 0 Å². The number of rotatable bonds is 2. The highest BCUT2D eigenvalue weighted by atomic mass is 79.9. The third kappa shape index (κ3) is 3.54. The Bertz CT molecular complexity index is 666. The van der Waals surface area contributed by atoms with Gasteiger partial charge in [0, 0.05) is 20.1 Å². The van der Waals surface area contributed by atoms with Crippen LogP contribution in [0.1, 0.15) is 21.5 Å². The highest BCUT2D eigenvalue weighted by molar-refractivity contribution is 9.10. The van der Waals surface area contributed by atoms with Crippen LogP contribution >= 0.6 is 39.1 Å². The molecule has 2 rings (SSSR count). The van der Waals surface area contributed by atoms with E-state index in [1.807, 2.05) is 19.9 Å². The summed E-state index contributed by atoms with van der Waals surface area (Å²) in [5.74, 6) is -0.226.